The summed E-state index contributed by atoms with van der Waals surface area (Å²) < 4.78 is 45.9. The lowest BCUT2D eigenvalue weighted by Crippen LogP contribution is -2.41. The van der Waals surface area contributed by atoms with Gasteiger partial charge in [-0.05, 0) is 25.8 Å². The summed E-state index contributed by atoms with van der Waals surface area (Å²) in [5.74, 6) is -1.41. The number of nitrogens with zero attached hydrogens (tertiary/aromatic N) is 1. The first kappa shape index (κ1) is 21.0. The fourth-order valence-corrected chi connectivity index (χ4v) is 2.77. The second-order valence-corrected chi connectivity index (χ2v) is 6.53. The third kappa shape index (κ3) is 7.44. The Morgan fingerprint density at radius 1 is 1.22 bits per heavy atom. The highest BCUT2D eigenvalue weighted by molar-refractivity contribution is 5.92. The van der Waals surface area contributed by atoms with Crippen molar-refractivity contribution < 1.29 is 32.2 Å². The van der Waals surface area contributed by atoms with E-state index in [4.69, 9.17) is 4.74 Å². The van der Waals surface area contributed by atoms with Crippen molar-refractivity contribution in [1.82, 2.24) is 10.3 Å². The molecule has 0 saturated heterocycles. The SMILES string of the molecule is C[C@@H](OC(=O)c1ccc(OCC(F)(F)F)nc1)C(=O)NC1CCCCCC1. The fourth-order valence-electron chi connectivity index (χ4n) is 2.77. The third-order valence-electron chi connectivity index (χ3n) is 4.21. The van der Waals surface area contributed by atoms with Gasteiger partial charge in [0.1, 0.15) is 0 Å². The Morgan fingerprint density at radius 3 is 2.44 bits per heavy atom. The normalized spacial score (nSPS) is 16.9. The van der Waals surface area contributed by atoms with Crippen molar-refractivity contribution in [3.63, 3.8) is 0 Å². The highest BCUT2D eigenvalue weighted by Gasteiger charge is 2.28. The highest BCUT2D eigenvalue weighted by Crippen LogP contribution is 2.18. The molecular formula is C18H23F3N2O4. The van der Waals surface area contributed by atoms with Crippen molar-refractivity contribution in [1.29, 1.82) is 0 Å². The number of hydrogen-bond donors (Lipinski definition) is 1. The maximum atomic E-state index is 12.2. The number of carbonyl (C=O) groups is 2. The van der Waals surface area contributed by atoms with E-state index >= 15 is 0 Å². The quantitative estimate of drug-likeness (QED) is 0.597. The first-order valence-electron chi connectivity index (χ1n) is 8.91. The van der Waals surface area contributed by atoms with Crippen molar-refractivity contribution in [2.45, 2.75) is 63.8 Å². The first-order valence-corrected chi connectivity index (χ1v) is 8.91. The number of esters is 1. The summed E-state index contributed by atoms with van der Waals surface area (Å²) in [5, 5.41) is 2.90. The summed E-state index contributed by atoms with van der Waals surface area (Å²) >= 11 is 0. The Hall–Kier alpha value is -2.32. The van der Waals surface area contributed by atoms with Crippen LogP contribution in [0.25, 0.3) is 0 Å². The molecule has 6 nitrogen and oxygen atoms in total. The summed E-state index contributed by atoms with van der Waals surface area (Å²) in [4.78, 5) is 27.9. The van der Waals surface area contributed by atoms with E-state index in [1.165, 1.54) is 13.0 Å². The van der Waals surface area contributed by atoms with Gasteiger partial charge in [0.2, 0.25) is 5.88 Å². The van der Waals surface area contributed by atoms with E-state index in [1.54, 1.807) is 0 Å². The molecule has 1 amide bonds. The topological polar surface area (TPSA) is 77.5 Å². The summed E-state index contributed by atoms with van der Waals surface area (Å²) in [6.45, 7) is 0.000337. The van der Waals surface area contributed by atoms with Gasteiger partial charge in [0, 0.05) is 18.3 Å². The Morgan fingerprint density at radius 2 is 1.89 bits per heavy atom. The van der Waals surface area contributed by atoms with Gasteiger partial charge in [0.15, 0.2) is 12.7 Å². The monoisotopic (exact) mass is 388 g/mol. The summed E-state index contributed by atoms with van der Waals surface area (Å²) in [6, 6.07) is 2.46. The van der Waals surface area contributed by atoms with Crippen LogP contribution in [0.2, 0.25) is 0 Å². The lowest BCUT2D eigenvalue weighted by molar-refractivity contribution is -0.154. The molecule has 0 aliphatic heterocycles. The number of rotatable bonds is 6. The summed E-state index contributed by atoms with van der Waals surface area (Å²) in [6.07, 6.45) is 1.86. The Bertz CT molecular complexity index is 626. The molecule has 1 heterocycles. The van der Waals surface area contributed by atoms with E-state index < -0.39 is 24.9 Å². The zero-order chi connectivity index (χ0) is 19.9. The average molecular weight is 388 g/mol. The van der Waals surface area contributed by atoms with Gasteiger partial charge in [-0.1, -0.05) is 25.7 Å². The van der Waals surface area contributed by atoms with Gasteiger partial charge in [-0.25, -0.2) is 9.78 Å². The van der Waals surface area contributed by atoms with Crippen LogP contribution in [-0.2, 0) is 9.53 Å². The number of nitrogens with one attached hydrogen (secondary N) is 1. The third-order valence-corrected chi connectivity index (χ3v) is 4.21. The average Bonchev–Trinajstić information content (AvgIpc) is 2.88. The second-order valence-electron chi connectivity index (χ2n) is 6.53. The molecule has 1 N–H and O–H groups in total. The zero-order valence-corrected chi connectivity index (χ0v) is 15.1. The predicted octanol–water partition coefficient (Wildman–Crippen LogP) is 3.41. The van der Waals surface area contributed by atoms with Crippen LogP contribution in [0.1, 0.15) is 55.8 Å². The molecule has 150 valence electrons. The minimum Gasteiger partial charge on any atom is -0.468 e. The molecule has 1 fully saturated rings. The molecule has 0 spiro atoms. The maximum Gasteiger partial charge on any atom is 0.422 e. The smallest absolute Gasteiger partial charge is 0.422 e. The van der Waals surface area contributed by atoms with E-state index in [2.05, 4.69) is 15.0 Å². The molecule has 0 radical (unpaired) electrons. The lowest BCUT2D eigenvalue weighted by Gasteiger charge is -2.19. The fraction of sp³-hybridized carbons (Fsp3) is 0.611. The number of carbonyl (C=O) groups excluding carboxylic acids is 2. The van der Waals surface area contributed by atoms with Gasteiger partial charge in [0.05, 0.1) is 5.56 Å². The van der Waals surface area contributed by atoms with Gasteiger partial charge in [-0.2, -0.15) is 13.2 Å². The Balaban J connectivity index is 1.83. The standard InChI is InChI=1S/C18H23F3N2O4/c1-12(16(24)23-14-6-4-2-3-5-7-14)27-17(25)13-8-9-15(22-10-13)26-11-18(19,20)21/h8-10,12,14H,2-7,11H2,1H3,(H,23,24)/t12-/m1/s1. The molecule has 27 heavy (non-hydrogen) atoms. The molecule has 1 atom stereocenters. The maximum absolute atomic E-state index is 12.2. The van der Waals surface area contributed by atoms with Crippen LogP contribution in [0, 0.1) is 0 Å². The van der Waals surface area contributed by atoms with Crippen LogP contribution in [0.4, 0.5) is 13.2 Å². The number of halogens is 3. The number of hydrogen-bond acceptors (Lipinski definition) is 5. The van der Waals surface area contributed by atoms with Crippen LogP contribution in [0.5, 0.6) is 5.88 Å². The van der Waals surface area contributed by atoms with Crippen molar-refractivity contribution >= 4 is 11.9 Å². The van der Waals surface area contributed by atoms with Crippen molar-refractivity contribution in [3.05, 3.63) is 23.9 Å². The minimum absolute atomic E-state index is 0.0171. The van der Waals surface area contributed by atoms with Crippen molar-refractivity contribution in [2.75, 3.05) is 6.61 Å². The van der Waals surface area contributed by atoms with Gasteiger partial charge < -0.3 is 14.8 Å². The van der Waals surface area contributed by atoms with Gasteiger partial charge in [0.25, 0.3) is 5.91 Å². The van der Waals surface area contributed by atoms with Crippen LogP contribution >= 0.6 is 0 Å². The number of ether oxygens (including phenoxy) is 2. The molecule has 1 aliphatic rings. The predicted molar refractivity (Wildman–Crippen MR) is 90.3 cm³/mol. The molecule has 1 aromatic rings. The van der Waals surface area contributed by atoms with E-state index in [-0.39, 0.29) is 23.4 Å². The highest BCUT2D eigenvalue weighted by atomic mass is 19.4. The molecule has 1 saturated carbocycles. The van der Waals surface area contributed by atoms with Crippen LogP contribution in [-0.4, -0.2) is 41.8 Å². The Labute approximate surface area is 155 Å². The second kappa shape index (κ2) is 9.57. The van der Waals surface area contributed by atoms with Crippen LogP contribution < -0.4 is 10.1 Å². The van der Waals surface area contributed by atoms with Gasteiger partial charge >= 0.3 is 12.1 Å². The van der Waals surface area contributed by atoms with E-state index in [0.717, 1.165) is 50.8 Å². The Kier molecular flexibility index (Phi) is 7.44. The van der Waals surface area contributed by atoms with E-state index in [1.807, 2.05) is 0 Å². The molecule has 0 unspecified atom stereocenters. The van der Waals surface area contributed by atoms with E-state index in [9.17, 15) is 22.8 Å². The molecule has 1 aliphatic carbocycles. The molecule has 0 aromatic carbocycles. The summed E-state index contributed by atoms with van der Waals surface area (Å²) in [7, 11) is 0. The van der Waals surface area contributed by atoms with Gasteiger partial charge in [-0.15, -0.1) is 0 Å². The first-order chi connectivity index (χ1) is 12.7. The van der Waals surface area contributed by atoms with Gasteiger partial charge in [-0.3, -0.25) is 4.79 Å². The molecule has 2 rings (SSSR count). The zero-order valence-electron chi connectivity index (χ0n) is 15.1. The molecular weight excluding hydrogens is 365 g/mol. The number of alkyl halides is 3. The van der Waals surface area contributed by atoms with Crippen molar-refractivity contribution in [3.8, 4) is 5.88 Å². The van der Waals surface area contributed by atoms with Crippen LogP contribution in [0.3, 0.4) is 0 Å². The van der Waals surface area contributed by atoms with Crippen LogP contribution in [0.15, 0.2) is 18.3 Å². The number of pyridine rings is 1. The number of aromatic nitrogens is 1. The minimum atomic E-state index is -4.47. The number of amides is 1. The van der Waals surface area contributed by atoms with E-state index in [0.29, 0.717) is 0 Å². The lowest BCUT2D eigenvalue weighted by atomic mass is 10.1. The summed E-state index contributed by atoms with van der Waals surface area (Å²) in [5.41, 5.74) is 0.0171. The van der Waals surface area contributed by atoms with Crippen molar-refractivity contribution in [2.24, 2.45) is 0 Å². The molecule has 9 heteroatoms. The largest absolute Gasteiger partial charge is 0.468 e. The molecule has 1 aromatic heterocycles. The molecule has 0 bridgehead atoms.